The molecular formula is C16H18F3N5O3S. The minimum Gasteiger partial charge on any atom is -0.332 e. The number of hydrogen-bond acceptors (Lipinski definition) is 4. The summed E-state index contributed by atoms with van der Waals surface area (Å²) in [6.07, 6.45) is 0.423. The Morgan fingerprint density at radius 1 is 1.36 bits per heavy atom. The number of halogens is 3. The molecule has 12 heteroatoms. The first-order valence-electron chi connectivity index (χ1n) is 8.26. The Bertz CT molecular complexity index is 1070. The molecule has 0 saturated heterocycles. The van der Waals surface area contributed by atoms with Crippen molar-refractivity contribution in [1.29, 1.82) is 0 Å². The number of aromatic nitrogens is 2. The number of primary sulfonamides is 1. The molecule has 28 heavy (non-hydrogen) atoms. The monoisotopic (exact) mass is 417 g/mol. The van der Waals surface area contributed by atoms with Crippen molar-refractivity contribution in [1.82, 2.24) is 20.4 Å². The lowest BCUT2D eigenvalue weighted by molar-refractivity contribution is 0.236. The predicted molar refractivity (Wildman–Crippen MR) is 92.1 cm³/mol. The number of nitrogens with one attached hydrogen (secondary N) is 2. The van der Waals surface area contributed by atoms with E-state index in [1.165, 1.54) is 18.7 Å². The van der Waals surface area contributed by atoms with E-state index in [2.05, 4.69) is 15.7 Å². The Morgan fingerprint density at radius 2 is 2.04 bits per heavy atom. The molecule has 1 unspecified atom stereocenters. The van der Waals surface area contributed by atoms with Gasteiger partial charge in [-0.3, -0.25) is 4.68 Å². The second-order valence-electron chi connectivity index (χ2n) is 6.50. The minimum absolute atomic E-state index is 0.0288. The van der Waals surface area contributed by atoms with Crippen LogP contribution in [0.5, 0.6) is 0 Å². The number of amides is 2. The number of carbonyl (C=O) groups is 1. The topological polar surface area (TPSA) is 119 Å². The van der Waals surface area contributed by atoms with Crippen molar-refractivity contribution in [2.75, 3.05) is 0 Å². The number of nitrogens with zero attached hydrogens (tertiary/aromatic N) is 2. The van der Waals surface area contributed by atoms with E-state index in [9.17, 15) is 26.4 Å². The molecule has 0 saturated carbocycles. The summed E-state index contributed by atoms with van der Waals surface area (Å²) in [5.74, 6) is -4.11. The first-order chi connectivity index (χ1) is 13.0. The van der Waals surface area contributed by atoms with Crippen molar-refractivity contribution in [2.24, 2.45) is 12.2 Å². The smallest absolute Gasteiger partial charge is 0.315 e. The zero-order chi connectivity index (χ0) is 20.8. The SMILES string of the molecule is Cc1c(S(N)(=O)=O)c(CNC(=O)NC2CCc3c2cc(F)c(F)c3F)nn1C. The summed E-state index contributed by atoms with van der Waals surface area (Å²) in [7, 11) is -2.51. The molecule has 1 atom stereocenters. The van der Waals surface area contributed by atoms with E-state index in [4.69, 9.17) is 5.14 Å². The highest BCUT2D eigenvalue weighted by atomic mass is 32.2. The second-order valence-corrected chi connectivity index (χ2v) is 8.00. The molecule has 2 aromatic rings. The lowest BCUT2D eigenvalue weighted by Crippen LogP contribution is -2.37. The molecule has 0 bridgehead atoms. The van der Waals surface area contributed by atoms with Crippen LogP contribution in [0.1, 0.15) is 35.0 Å². The van der Waals surface area contributed by atoms with Crippen molar-refractivity contribution in [3.8, 4) is 0 Å². The van der Waals surface area contributed by atoms with E-state index >= 15 is 0 Å². The molecule has 1 aromatic heterocycles. The first kappa shape index (κ1) is 20.1. The number of carbonyl (C=O) groups excluding carboxylic acids is 1. The first-order valence-corrected chi connectivity index (χ1v) is 9.81. The molecule has 8 nitrogen and oxygen atoms in total. The molecule has 1 heterocycles. The van der Waals surface area contributed by atoms with Gasteiger partial charge in [-0.05, 0) is 37.0 Å². The molecule has 0 radical (unpaired) electrons. The molecule has 0 spiro atoms. The highest BCUT2D eigenvalue weighted by Crippen LogP contribution is 2.34. The minimum atomic E-state index is -4.04. The van der Waals surface area contributed by atoms with Gasteiger partial charge in [-0.1, -0.05) is 0 Å². The predicted octanol–water partition coefficient (Wildman–Crippen LogP) is 1.28. The lowest BCUT2D eigenvalue weighted by Gasteiger charge is -2.15. The fourth-order valence-corrected chi connectivity index (χ4v) is 4.31. The number of sulfonamides is 1. The lowest BCUT2D eigenvalue weighted by atomic mass is 10.1. The van der Waals surface area contributed by atoms with Gasteiger partial charge in [0.2, 0.25) is 10.0 Å². The van der Waals surface area contributed by atoms with Crippen LogP contribution < -0.4 is 15.8 Å². The zero-order valence-corrected chi connectivity index (χ0v) is 15.8. The van der Waals surface area contributed by atoms with E-state index in [0.717, 1.165) is 6.07 Å². The maximum absolute atomic E-state index is 13.8. The van der Waals surface area contributed by atoms with Gasteiger partial charge in [0.05, 0.1) is 18.3 Å². The third-order valence-electron chi connectivity index (χ3n) is 4.71. The van der Waals surface area contributed by atoms with Gasteiger partial charge in [-0.2, -0.15) is 5.10 Å². The maximum atomic E-state index is 13.8. The van der Waals surface area contributed by atoms with Crippen LogP contribution in [0.4, 0.5) is 18.0 Å². The molecule has 1 aromatic carbocycles. The van der Waals surface area contributed by atoms with Gasteiger partial charge in [0.15, 0.2) is 17.5 Å². The Labute approximate surface area is 159 Å². The van der Waals surface area contributed by atoms with Crippen molar-refractivity contribution in [3.05, 3.63) is 46.0 Å². The highest BCUT2D eigenvalue weighted by Gasteiger charge is 2.30. The highest BCUT2D eigenvalue weighted by molar-refractivity contribution is 7.89. The van der Waals surface area contributed by atoms with Crippen LogP contribution in [0, 0.1) is 24.4 Å². The van der Waals surface area contributed by atoms with Crippen LogP contribution in [0.2, 0.25) is 0 Å². The molecule has 2 amide bonds. The van der Waals surface area contributed by atoms with Gasteiger partial charge in [-0.15, -0.1) is 0 Å². The fourth-order valence-electron chi connectivity index (χ4n) is 3.33. The van der Waals surface area contributed by atoms with E-state index in [1.54, 1.807) is 0 Å². The fraction of sp³-hybridized carbons (Fsp3) is 0.375. The molecule has 0 aliphatic heterocycles. The van der Waals surface area contributed by atoms with Crippen LogP contribution in [-0.2, 0) is 30.0 Å². The number of urea groups is 1. The summed E-state index contributed by atoms with van der Waals surface area (Å²) in [5, 5.41) is 14.2. The van der Waals surface area contributed by atoms with Gasteiger partial charge < -0.3 is 10.6 Å². The van der Waals surface area contributed by atoms with Crippen molar-refractivity contribution >= 4 is 16.1 Å². The third-order valence-corrected chi connectivity index (χ3v) is 5.81. The molecular weight excluding hydrogens is 399 g/mol. The van der Waals surface area contributed by atoms with Gasteiger partial charge in [-0.25, -0.2) is 31.5 Å². The largest absolute Gasteiger partial charge is 0.332 e. The Morgan fingerprint density at radius 3 is 2.68 bits per heavy atom. The van der Waals surface area contributed by atoms with Crippen LogP contribution in [0.3, 0.4) is 0 Å². The Hall–Kier alpha value is -2.60. The Balaban J connectivity index is 1.72. The molecule has 152 valence electrons. The van der Waals surface area contributed by atoms with Gasteiger partial charge in [0.25, 0.3) is 0 Å². The zero-order valence-electron chi connectivity index (χ0n) is 15.0. The number of nitrogens with two attached hydrogens (primary N) is 1. The van der Waals surface area contributed by atoms with Crippen molar-refractivity contribution in [3.63, 3.8) is 0 Å². The van der Waals surface area contributed by atoms with Crippen molar-refractivity contribution < 1.29 is 26.4 Å². The summed E-state index contributed by atoms with van der Waals surface area (Å²) in [4.78, 5) is 12.0. The average Bonchev–Trinajstić information content (AvgIpc) is 3.12. The van der Waals surface area contributed by atoms with Crippen LogP contribution in [0.25, 0.3) is 0 Å². The van der Waals surface area contributed by atoms with Crippen molar-refractivity contribution in [2.45, 2.75) is 37.2 Å². The molecule has 3 rings (SSSR count). The van der Waals surface area contributed by atoms with E-state index in [0.29, 0.717) is 5.69 Å². The average molecular weight is 417 g/mol. The van der Waals surface area contributed by atoms with Crippen LogP contribution >= 0.6 is 0 Å². The number of rotatable bonds is 4. The summed E-state index contributed by atoms with van der Waals surface area (Å²) >= 11 is 0. The molecule has 1 aliphatic carbocycles. The van der Waals surface area contributed by atoms with Gasteiger partial charge in [0.1, 0.15) is 10.6 Å². The van der Waals surface area contributed by atoms with Gasteiger partial charge >= 0.3 is 6.03 Å². The normalized spacial score (nSPS) is 16.1. The quantitative estimate of drug-likeness (QED) is 0.649. The summed E-state index contributed by atoms with van der Waals surface area (Å²) < 4.78 is 65.4. The van der Waals surface area contributed by atoms with E-state index in [-0.39, 0.29) is 41.1 Å². The second kappa shape index (κ2) is 7.09. The number of fused-ring (bicyclic) bond motifs is 1. The summed E-state index contributed by atoms with van der Waals surface area (Å²) in [5.41, 5.74) is 0.576. The number of hydrogen-bond donors (Lipinski definition) is 3. The molecule has 0 fully saturated rings. The summed E-state index contributed by atoms with van der Waals surface area (Å²) in [6.45, 7) is 1.29. The van der Waals surface area contributed by atoms with Crippen LogP contribution in [-0.4, -0.2) is 24.2 Å². The Kier molecular flexibility index (Phi) is 5.10. The van der Waals surface area contributed by atoms with Gasteiger partial charge in [0, 0.05) is 7.05 Å². The van der Waals surface area contributed by atoms with E-state index < -0.39 is 39.5 Å². The third kappa shape index (κ3) is 3.56. The van der Waals surface area contributed by atoms with E-state index in [1.807, 2.05) is 0 Å². The summed E-state index contributed by atoms with van der Waals surface area (Å²) in [6, 6.07) is -0.540. The maximum Gasteiger partial charge on any atom is 0.315 e. The number of benzene rings is 1. The van der Waals surface area contributed by atoms with Crippen LogP contribution in [0.15, 0.2) is 11.0 Å². The molecule has 4 N–H and O–H groups in total. The standard InChI is InChI=1S/C16H18F3N5O3S/c1-7-15(28(20,26)27)12(23-24(7)2)6-21-16(25)22-11-4-3-8-9(11)5-10(17)14(19)13(8)18/h5,11H,3-4,6H2,1-2H3,(H2,20,26,27)(H2,21,22,25). The number of aryl methyl sites for hydroxylation is 1. The molecule has 1 aliphatic rings.